The third kappa shape index (κ3) is 2.87. The van der Waals surface area contributed by atoms with Gasteiger partial charge in [0.2, 0.25) is 5.95 Å². The Bertz CT molecular complexity index is 784. The van der Waals surface area contributed by atoms with Gasteiger partial charge in [-0.1, -0.05) is 0 Å². The monoisotopic (exact) mass is 301 g/mol. The second kappa shape index (κ2) is 6.03. The summed E-state index contributed by atoms with van der Waals surface area (Å²) in [5.41, 5.74) is 2.63. The van der Waals surface area contributed by atoms with Crippen LogP contribution in [0.4, 0.5) is 8.78 Å². The minimum absolute atomic E-state index is 0.0608. The van der Waals surface area contributed by atoms with E-state index < -0.39 is 5.95 Å². The molecule has 1 N–H and O–H groups in total. The lowest BCUT2D eigenvalue weighted by Gasteiger charge is -2.02. The summed E-state index contributed by atoms with van der Waals surface area (Å²) in [6, 6.07) is 8.91. The largest absolute Gasteiger partial charge is 0.394 e. The van der Waals surface area contributed by atoms with E-state index in [1.54, 1.807) is 29.1 Å². The number of rotatable bonds is 4. The summed E-state index contributed by atoms with van der Waals surface area (Å²) in [4.78, 5) is 3.54. The first kappa shape index (κ1) is 14.3. The van der Waals surface area contributed by atoms with Crippen LogP contribution in [-0.2, 0) is 6.54 Å². The molecule has 0 bridgehead atoms. The van der Waals surface area contributed by atoms with E-state index >= 15 is 0 Å². The van der Waals surface area contributed by atoms with Crippen LogP contribution >= 0.6 is 0 Å². The molecule has 6 heteroatoms. The Balaban J connectivity index is 2.13. The summed E-state index contributed by atoms with van der Waals surface area (Å²) < 4.78 is 28.0. The van der Waals surface area contributed by atoms with Crippen LogP contribution in [0.25, 0.3) is 22.4 Å². The molecule has 1 aromatic carbocycles. The second-order valence-corrected chi connectivity index (χ2v) is 4.75. The Morgan fingerprint density at radius 3 is 2.50 bits per heavy atom. The first-order valence-corrected chi connectivity index (χ1v) is 6.73. The van der Waals surface area contributed by atoms with Gasteiger partial charge in [-0.3, -0.25) is 4.68 Å². The maximum atomic E-state index is 13.4. The fraction of sp³-hybridized carbons (Fsp3) is 0.125. The maximum Gasteiger partial charge on any atom is 0.213 e. The van der Waals surface area contributed by atoms with Crippen LogP contribution in [0.2, 0.25) is 0 Å². The Morgan fingerprint density at radius 2 is 1.82 bits per heavy atom. The quantitative estimate of drug-likeness (QED) is 0.754. The standard InChI is InChI=1S/C16H13F2N3O/c17-13-3-1-11(2-4-13)16-14(10-21(20-16)7-8-22)12-5-6-19-15(18)9-12/h1-6,9-10,22H,7-8H2. The van der Waals surface area contributed by atoms with Crippen molar-refractivity contribution in [2.45, 2.75) is 6.54 Å². The molecule has 22 heavy (non-hydrogen) atoms. The lowest BCUT2D eigenvalue weighted by molar-refractivity contribution is 0.269. The molecule has 2 aromatic heterocycles. The molecule has 0 aliphatic heterocycles. The van der Waals surface area contributed by atoms with E-state index in [9.17, 15) is 8.78 Å². The van der Waals surface area contributed by atoms with Crippen LogP contribution < -0.4 is 0 Å². The zero-order valence-electron chi connectivity index (χ0n) is 11.6. The fourth-order valence-electron chi connectivity index (χ4n) is 2.24. The molecule has 4 nitrogen and oxygen atoms in total. The highest BCUT2D eigenvalue weighted by atomic mass is 19.1. The summed E-state index contributed by atoms with van der Waals surface area (Å²) in [5, 5.41) is 13.5. The molecule has 3 aromatic rings. The number of halogens is 2. The summed E-state index contributed by atoms with van der Waals surface area (Å²) in [5.74, 6) is -0.924. The van der Waals surface area contributed by atoms with Crippen molar-refractivity contribution in [2.75, 3.05) is 6.61 Å². The third-order valence-corrected chi connectivity index (χ3v) is 3.25. The predicted molar refractivity (Wildman–Crippen MR) is 77.9 cm³/mol. The van der Waals surface area contributed by atoms with Crippen molar-refractivity contribution >= 4 is 0 Å². The van der Waals surface area contributed by atoms with Gasteiger partial charge in [-0.05, 0) is 35.9 Å². The lowest BCUT2D eigenvalue weighted by Crippen LogP contribution is -2.02. The van der Waals surface area contributed by atoms with Gasteiger partial charge in [-0.25, -0.2) is 9.37 Å². The summed E-state index contributed by atoms with van der Waals surface area (Å²) in [7, 11) is 0. The van der Waals surface area contributed by atoms with Crippen molar-refractivity contribution in [1.82, 2.24) is 14.8 Å². The maximum absolute atomic E-state index is 13.4. The molecule has 0 saturated heterocycles. The van der Waals surface area contributed by atoms with E-state index in [-0.39, 0.29) is 12.4 Å². The number of hydrogen-bond donors (Lipinski definition) is 1. The van der Waals surface area contributed by atoms with E-state index in [0.29, 0.717) is 28.9 Å². The molecule has 0 fully saturated rings. The van der Waals surface area contributed by atoms with Crippen LogP contribution in [-0.4, -0.2) is 26.5 Å². The van der Waals surface area contributed by atoms with Gasteiger partial charge in [0, 0.05) is 29.6 Å². The molecule has 0 atom stereocenters. The average molecular weight is 301 g/mol. The normalized spacial score (nSPS) is 10.9. The number of benzene rings is 1. The van der Waals surface area contributed by atoms with Gasteiger partial charge >= 0.3 is 0 Å². The Hall–Kier alpha value is -2.60. The summed E-state index contributed by atoms with van der Waals surface area (Å²) in [6.45, 7) is 0.260. The van der Waals surface area contributed by atoms with Crippen molar-refractivity contribution in [3.8, 4) is 22.4 Å². The Kier molecular flexibility index (Phi) is 3.93. The fourth-order valence-corrected chi connectivity index (χ4v) is 2.24. The van der Waals surface area contributed by atoms with E-state index in [1.165, 1.54) is 24.4 Å². The number of nitrogens with zero attached hydrogens (tertiary/aromatic N) is 3. The van der Waals surface area contributed by atoms with Gasteiger partial charge in [0.05, 0.1) is 13.2 Å². The molecule has 0 radical (unpaired) electrons. The highest BCUT2D eigenvalue weighted by molar-refractivity contribution is 5.80. The number of aliphatic hydroxyl groups excluding tert-OH is 1. The number of aliphatic hydroxyl groups is 1. The first-order valence-electron chi connectivity index (χ1n) is 6.73. The molecule has 0 aliphatic carbocycles. The number of aromatic nitrogens is 3. The van der Waals surface area contributed by atoms with Crippen LogP contribution in [0.5, 0.6) is 0 Å². The minimum atomic E-state index is -0.586. The molecule has 112 valence electrons. The van der Waals surface area contributed by atoms with Crippen LogP contribution in [0, 0.1) is 11.8 Å². The smallest absolute Gasteiger partial charge is 0.213 e. The Labute approximate surface area is 125 Å². The molecule has 0 spiro atoms. The zero-order valence-corrected chi connectivity index (χ0v) is 11.6. The molecule has 3 rings (SSSR count). The third-order valence-electron chi connectivity index (χ3n) is 3.25. The van der Waals surface area contributed by atoms with Crippen molar-refractivity contribution in [3.05, 3.63) is 60.6 Å². The number of pyridine rings is 1. The van der Waals surface area contributed by atoms with E-state index in [1.807, 2.05) is 0 Å². The average Bonchev–Trinajstić information content (AvgIpc) is 2.92. The minimum Gasteiger partial charge on any atom is -0.394 e. The van der Waals surface area contributed by atoms with Gasteiger partial charge in [0.15, 0.2) is 0 Å². The van der Waals surface area contributed by atoms with Gasteiger partial charge < -0.3 is 5.11 Å². The lowest BCUT2D eigenvalue weighted by atomic mass is 10.0. The molecule has 0 saturated carbocycles. The first-order chi connectivity index (χ1) is 10.7. The van der Waals surface area contributed by atoms with Crippen LogP contribution in [0.1, 0.15) is 0 Å². The van der Waals surface area contributed by atoms with Gasteiger partial charge in [0.1, 0.15) is 11.5 Å². The van der Waals surface area contributed by atoms with Crippen molar-refractivity contribution in [1.29, 1.82) is 0 Å². The summed E-state index contributed by atoms with van der Waals surface area (Å²) >= 11 is 0. The van der Waals surface area contributed by atoms with E-state index in [4.69, 9.17) is 5.11 Å². The predicted octanol–water partition coefficient (Wildman–Crippen LogP) is 2.88. The molecular weight excluding hydrogens is 288 g/mol. The molecule has 2 heterocycles. The van der Waals surface area contributed by atoms with Gasteiger partial charge in [-0.15, -0.1) is 0 Å². The van der Waals surface area contributed by atoms with Crippen molar-refractivity contribution < 1.29 is 13.9 Å². The van der Waals surface area contributed by atoms with Crippen LogP contribution in [0.15, 0.2) is 48.8 Å². The Morgan fingerprint density at radius 1 is 1.05 bits per heavy atom. The molecule has 0 amide bonds. The van der Waals surface area contributed by atoms with Crippen LogP contribution in [0.3, 0.4) is 0 Å². The highest BCUT2D eigenvalue weighted by Crippen LogP contribution is 2.31. The van der Waals surface area contributed by atoms with E-state index in [2.05, 4.69) is 10.1 Å². The van der Waals surface area contributed by atoms with Gasteiger partial charge in [-0.2, -0.15) is 9.49 Å². The molecular formula is C16H13F2N3O. The van der Waals surface area contributed by atoms with E-state index in [0.717, 1.165) is 0 Å². The van der Waals surface area contributed by atoms with Gasteiger partial charge in [0.25, 0.3) is 0 Å². The zero-order chi connectivity index (χ0) is 15.5. The topological polar surface area (TPSA) is 50.9 Å². The highest BCUT2D eigenvalue weighted by Gasteiger charge is 2.14. The molecule has 0 unspecified atom stereocenters. The van der Waals surface area contributed by atoms with Crippen molar-refractivity contribution in [3.63, 3.8) is 0 Å². The SMILES string of the molecule is OCCn1cc(-c2ccnc(F)c2)c(-c2ccc(F)cc2)n1. The number of hydrogen-bond acceptors (Lipinski definition) is 3. The second-order valence-electron chi connectivity index (χ2n) is 4.75. The molecule has 0 aliphatic rings. The summed E-state index contributed by atoms with van der Waals surface area (Å²) in [6.07, 6.45) is 3.10. The van der Waals surface area contributed by atoms with Crippen molar-refractivity contribution in [2.24, 2.45) is 0 Å².